The number of para-hydroxylation sites is 1. The lowest BCUT2D eigenvalue weighted by atomic mass is 9.97. The van der Waals surface area contributed by atoms with Crippen molar-refractivity contribution in [2.24, 2.45) is 0 Å². The van der Waals surface area contributed by atoms with E-state index in [0.29, 0.717) is 0 Å². The topological polar surface area (TPSA) is 25.2 Å². The van der Waals surface area contributed by atoms with E-state index in [4.69, 9.17) is 0 Å². The van der Waals surface area contributed by atoms with Gasteiger partial charge < -0.3 is 14.0 Å². The highest BCUT2D eigenvalue weighted by Crippen LogP contribution is 2.55. The maximum Gasteiger partial charge on any atom is 0.172 e. The van der Waals surface area contributed by atoms with E-state index in [1.807, 2.05) is 30.3 Å². The summed E-state index contributed by atoms with van der Waals surface area (Å²) in [5.41, 5.74) is 13.2. The molecule has 12 rings (SSSR count). The average Bonchev–Trinajstić information content (AvgIpc) is 3.81. The molecular formula is C58H39N2OP. The van der Waals surface area contributed by atoms with Gasteiger partial charge in [-0.15, -0.1) is 0 Å². The van der Waals surface area contributed by atoms with E-state index in [1.54, 1.807) is 0 Å². The second kappa shape index (κ2) is 14.5. The van der Waals surface area contributed by atoms with Crippen molar-refractivity contribution in [1.29, 1.82) is 0 Å². The lowest BCUT2D eigenvalue weighted by Gasteiger charge is -2.26. The van der Waals surface area contributed by atoms with Gasteiger partial charge in [-0.25, -0.2) is 0 Å². The minimum Gasteiger partial charge on any atom is -0.311 e. The van der Waals surface area contributed by atoms with Gasteiger partial charge in [0.1, 0.15) is 0 Å². The summed E-state index contributed by atoms with van der Waals surface area (Å²) in [6.45, 7) is 0. The van der Waals surface area contributed by atoms with Gasteiger partial charge >= 0.3 is 0 Å². The van der Waals surface area contributed by atoms with Crippen LogP contribution >= 0.6 is 7.14 Å². The second-order valence-corrected chi connectivity index (χ2v) is 18.7. The Morgan fingerprint density at radius 1 is 0.371 bits per heavy atom. The summed E-state index contributed by atoms with van der Waals surface area (Å²) in [6, 6.07) is 83.5. The fourth-order valence-corrected chi connectivity index (χ4v) is 12.7. The Hall–Kier alpha value is -7.71. The van der Waals surface area contributed by atoms with Crippen molar-refractivity contribution in [1.82, 2.24) is 4.57 Å². The fourth-order valence-electron chi connectivity index (χ4n) is 9.66. The molecule has 1 aliphatic rings. The van der Waals surface area contributed by atoms with Crippen molar-refractivity contribution in [3.8, 4) is 39.1 Å². The van der Waals surface area contributed by atoms with Crippen LogP contribution < -0.4 is 20.8 Å². The van der Waals surface area contributed by atoms with Crippen molar-refractivity contribution in [2.45, 2.75) is 0 Å². The molecule has 62 heavy (non-hydrogen) atoms. The molecule has 0 saturated heterocycles. The van der Waals surface area contributed by atoms with Crippen molar-refractivity contribution in [3.63, 3.8) is 0 Å². The van der Waals surface area contributed by atoms with Gasteiger partial charge in [-0.1, -0.05) is 164 Å². The summed E-state index contributed by atoms with van der Waals surface area (Å²) in [5.74, 6) is 0. The van der Waals surface area contributed by atoms with Crippen LogP contribution in [0.15, 0.2) is 237 Å². The highest BCUT2D eigenvalue weighted by Gasteiger charge is 2.41. The first-order valence-electron chi connectivity index (χ1n) is 21.1. The van der Waals surface area contributed by atoms with Crippen LogP contribution in [0, 0.1) is 0 Å². The first-order valence-corrected chi connectivity index (χ1v) is 22.8. The number of hydrogen-bond donors (Lipinski definition) is 0. The zero-order valence-corrected chi connectivity index (χ0v) is 34.7. The van der Waals surface area contributed by atoms with Crippen molar-refractivity contribution in [3.05, 3.63) is 237 Å². The van der Waals surface area contributed by atoms with E-state index in [0.717, 1.165) is 82.4 Å². The Kier molecular flexibility index (Phi) is 8.45. The molecule has 0 amide bonds. The van der Waals surface area contributed by atoms with Gasteiger partial charge in [0.2, 0.25) is 0 Å². The predicted octanol–water partition coefficient (Wildman–Crippen LogP) is 14.4. The number of fused-ring (bicyclic) bond motifs is 8. The molecule has 0 N–H and O–H groups in total. The molecule has 0 spiro atoms. The summed E-state index contributed by atoms with van der Waals surface area (Å²) in [4.78, 5) is 2.32. The number of nitrogens with zero attached hydrogens (tertiary/aromatic N) is 2. The second-order valence-electron chi connectivity index (χ2n) is 16.0. The van der Waals surface area contributed by atoms with Crippen LogP contribution in [-0.4, -0.2) is 4.57 Å². The molecule has 3 nitrogen and oxygen atoms in total. The normalized spacial score (nSPS) is 14.3. The minimum atomic E-state index is -3.22. The number of hydrogen-bond acceptors (Lipinski definition) is 2. The summed E-state index contributed by atoms with van der Waals surface area (Å²) in [5, 5.41) is 7.25. The quantitative estimate of drug-likeness (QED) is 0.150. The van der Waals surface area contributed by atoms with E-state index >= 15 is 4.57 Å². The Morgan fingerprint density at radius 3 is 1.48 bits per heavy atom. The number of benzene rings is 10. The van der Waals surface area contributed by atoms with Crippen LogP contribution in [0.1, 0.15) is 0 Å². The lowest BCUT2D eigenvalue weighted by molar-refractivity contribution is 0.593. The van der Waals surface area contributed by atoms with Crippen LogP contribution in [0.4, 0.5) is 17.1 Å². The molecule has 2 heterocycles. The molecule has 11 aromatic rings. The van der Waals surface area contributed by atoms with E-state index in [2.05, 4.69) is 216 Å². The van der Waals surface area contributed by atoms with Gasteiger partial charge in [0.15, 0.2) is 7.14 Å². The molecule has 292 valence electrons. The molecular weight excluding hydrogens is 772 g/mol. The smallest absolute Gasteiger partial charge is 0.172 e. The van der Waals surface area contributed by atoms with Crippen LogP contribution in [0.3, 0.4) is 0 Å². The van der Waals surface area contributed by atoms with Gasteiger partial charge in [-0.3, -0.25) is 0 Å². The largest absolute Gasteiger partial charge is 0.311 e. The average molecular weight is 811 g/mol. The van der Waals surface area contributed by atoms with Crippen molar-refractivity contribution in [2.75, 3.05) is 4.90 Å². The third-order valence-electron chi connectivity index (χ3n) is 12.6. The molecule has 0 fully saturated rings. The van der Waals surface area contributed by atoms with Gasteiger partial charge in [-0.05, 0) is 111 Å². The lowest BCUT2D eigenvalue weighted by Crippen LogP contribution is -2.20. The summed E-state index contributed by atoms with van der Waals surface area (Å²) in [7, 11) is -3.22. The zero-order chi connectivity index (χ0) is 41.2. The monoisotopic (exact) mass is 810 g/mol. The number of rotatable bonds is 7. The van der Waals surface area contributed by atoms with Gasteiger partial charge in [0.05, 0.1) is 11.0 Å². The van der Waals surface area contributed by atoms with Crippen molar-refractivity contribution < 1.29 is 4.57 Å². The third kappa shape index (κ3) is 5.70. The maximum absolute atomic E-state index is 16.0. The minimum absolute atomic E-state index is 0.857. The molecule has 0 radical (unpaired) electrons. The van der Waals surface area contributed by atoms with E-state index in [9.17, 15) is 0 Å². The molecule has 1 atom stereocenters. The van der Waals surface area contributed by atoms with Gasteiger partial charge in [0, 0.05) is 55.0 Å². The third-order valence-corrected chi connectivity index (χ3v) is 15.7. The van der Waals surface area contributed by atoms with E-state index < -0.39 is 7.14 Å². The highest BCUT2D eigenvalue weighted by atomic mass is 31.2. The molecule has 1 unspecified atom stereocenters. The molecule has 10 aromatic carbocycles. The zero-order valence-electron chi connectivity index (χ0n) is 33.8. The SMILES string of the molecule is O=P1(c2ccccc2)c2cc3c(cc2-c2c1ccc1ccccc21)c1ccccc1n3-c1ccc(N(c2ccc(-c3ccccc3)cc2)c2ccc(-c3ccccc3)cc2)cc1. The van der Waals surface area contributed by atoms with E-state index in [1.165, 1.54) is 22.3 Å². The number of aromatic nitrogens is 1. The Labute approximate surface area is 360 Å². The van der Waals surface area contributed by atoms with Crippen LogP contribution in [0.25, 0.3) is 71.6 Å². The van der Waals surface area contributed by atoms with Gasteiger partial charge in [0.25, 0.3) is 0 Å². The molecule has 0 saturated carbocycles. The molecule has 0 bridgehead atoms. The van der Waals surface area contributed by atoms with Crippen molar-refractivity contribution >= 4 is 72.7 Å². The fraction of sp³-hybridized carbons (Fsp3) is 0. The Bertz CT molecular complexity index is 3420. The molecule has 1 aromatic heterocycles. The molecule has 1 aliphatic heterocycles. The highest BCUT2D eigenvalue weighted by molar-refractivity contribution is 7.86. The standard InChI is InChI=1S/C58H39N2OP/c61-62(49-19-8-3-9-20-49)56-37-28-44-18-10-11-21-50(44)58(56)53-38-52-51-22-12-13-23-54(51)60(55(52)39-57(53)62)48-35-33-47(34-36-48)59(45-29-24-42(25-30-45)40-14-4-1-5-15-40)46-31-26-43(27-32-46)41-16-6-2-7-17-41/h1-39H. The van der Waals surface area contributed by atoms with E-state index in [-0.39, 0.29) is 0 Å². The molecule has 4 heteroatoms. The summed E-state index contributed by atoms with van der Waals surface area (Å²) >= 11 is 0. The van der Waals surface area contributed by atoms with Crippen LogP contribution in [-0.2, 0) is 4.57 Å². The van der Waals surface area contributed by atoms with Crippen LogP contribution in [0.5, 0.6) is 0 Å². The van der Waals surface area contributed by atoms with Crippen LogP contribution in [0.2, 0.25) is 0 Å². The molecule has 0 aliphatic carbocycles. The summed E-state index contributed by atoms with van der Waals surface area (Å²) in [6.07, 6.45) is 0. The first-order chi connectivity index (χ1) is 30.6. The summed E-state index contributed by atoms with van der Waals surface area (Å²) < 4.78 is 18.3. The Balaban J connectivity index is 1.02. The number of anilines is 3. The maximum atomic E-state index is 16.0. The predicted molar refractivity (Wildman–Crippen MR) is 262 cm³/mol. The van der Waals surface area contributed by atoms with Gasteiger partial charge in [-0.2, -0.15) is 0 Å². The Morgan fingerprint density at radius 2 is 0.871 bits per heavy atom. The first kappa shape index (κ1) is 36.2.